The summed E-state index contributed by atoms with van der Waals surface area (Å²) in [6.45, 7) is 2.14. The molecule has 1 aliphatic rings. The van der Waals surface area contributed by atoms with E-state index in [-0.39, 0.29) is 4.23 Å². The second-order valence-electron chi connectivity index (χ2n) is 2.40. The summed E-state index contributed by atoms with van der Waals surface area (Å²) in [7, 11) is 3.34. The predicted octanol–water partition coefficient (Wildman–Crippen LogP) is 1.30. The first-order valence-corrected chi connectivity index (χ1v) is 7.84. The van der Waals surface area contributed by atoms with Gasteiger partial charge in [0.1, 0.15) is 0 Å². The SMILES string of the molecule is CCI1C(OC)=CC(N)=NC1OC. The van der Waals surface area contributed by atoms with Crippen molar-refractivity contribution in [3.63, 3.8) is 0 Å². The van der Waals surface area contributed by atoms with Crippen molar-refractivity contribution < 1.29 is 9.47 Å². The van der Waals surface area contributed by atoms with Crippen LogP contribution in [-0.4, -0.2) is 28.7 Å². The van der Waals surface area contributed by atoms with Gasteiger partial charge >= 0.3 is 85.5 Å². The first-order chi connectivity index (χ1) is 6.22. The molecule has 0 saturated carbocycles. The minimum atomic E-state index is -1.40. The van der Waals surface area contributed by atoms with Gasteiger partial charge in [-0.2, -0.15) is 0 Å². The number of rotatable bonds is 3. The Morgan fingerprint density at radius 2 is 2.31 bits per heavy atom. The van der Waals surface area contributed by atoms with Crippen molar-refractivity contribution in [1.29, 1.82) is 0 Å². The molecule has 1 rings (SSSR count). The van der Waals surface area contributed by atoms with Crippen LogP contribution in [0.25, 0.3) is 0 Å². The Morgan fingerprint density at radius 1 is 1.62 bits per heavy atom. The molecule has 0 fully saturated rings. The van der Waals surface area contributed by atoms with Gasteiger partial charge in [0.15, 0.2) is 0 Å². The van der Waals surface area contributed by atoms with Crippen molar-refractivity contribution in [2.24, 2.45) is 10.7 Å². The second kappa shape index (κ2) is 4.80. The molecule has 2 N–H and O–H groups in total. The van der Waals surface area contributed by atoms with Crippen LogP contribution in [-0.2, 0) is 9.47 Å². The van der Waals surface area contributed by atoms with Gasteiger partial charge in [-0.25, -0.2) is 0 Å². The summed E-state index contributed by atoms with van der Waals surface area (Å²) in [6, 6.07) is 0. The van der Waals surface area contributed by atoms with Crippen LogP contribution in [0.5, 0.6) is 0 Å². The number of hydrogen-bond donors (Lipinski definition) is 1. The van der Waals surface area contributed by atoms with E-state index in [0.29, 0.717) is 5.84 Å². The normalized spacial score (nSPS) is 25.2. The fourth-order valence-electron chi connectivity index (χ4n) is 1.07. The Hall–Kier alpha value is -0.300. The van der Waals surface area contributed by atoms with E-state index in [2.05, 4.69) is 11.9 Å². The van der Waals surface area contributed by atoms with E-state index >= 15 is 0 Å². The molecule has 1 aliphatic heterocycles. The van der Waals surface area contributed by atoms with E-state index in [4.69, 9.17) is 15.2 Å². The van der Waals surface area contributed by atoms with E-state index in [9.17, 15) is 0 Å². The van der Waals surface area contributed by atoms with Crippen LogP contribution in [0.2, 0.25) is 0 Å². The molecule has 0 saturated heterocycles. The summed E-state index contributed by atoms with van der Waals surface area (Å²) in [5.74, 6) is 0.505. The molecule has 0 amide bonds. The number of alkyl halides is 2. The third-order valence-electron chi connectivity index (χ3n) is 1.65. The third kappa shape index (κ3) is 2.34. The van der Waals surface area contributed by atoms with Crippen LogP contribution in [0.3, 0.4) is 0 Å². The predicted molar refractivity (Wildman–Crippen MR) is 62.1 cm³/mol. The Kier molecular flexibility index (Phi) is 3.98. The number of methoxy groups -OCH3 is 2. The van der Waals surface area contributed by atoms with E-state index < -0.39 is 19.8 Å². The van der Waals surface area contributed by atoms with E-state index in [1.165, 1.54) is 0 Å². The fraction of sp³-hybridized carbons (Fsp3) is 0.625. The van der Waals surface area contributed by atoms with Gasteiger partial charge in [-0.15, -0.1) is 0 Å². The molecule has 0 bridgehead atoms. The number of aliphatic imine (C=N–C) groups is 1. The third-order valence-corrected chi connectivity index (χ3v) is 7.49. The van der Waals surface area contributed by atoms with Crippen molar-refractivity contribution in [3.8, 4) is 0 Å². The number of amidine groups is 1. The molecule has 4 nitrogen and oxygen atoms in total. The van der Waals surface area contributed by atoms with Gasteiger partial charge in [-0.1, -0.05) is 0 Å². The topological polar surface area (TPSA) is 56.8 Å². The zero-order chi connectivity index (χ0) is 9.84. The van der Waals surface area contributed by atoms with Gasteiger partial charge in [-0.3, -0.25) is 0 Å². The van der Waals surface area contributed by atoms with Crippen molar-refractivity contribution in [1.82, 2.24) is 0 Å². The van der Waals surface area contributed by atoms with Gasteiger partial charge < -0.3 is 0 Å². The molecule has 0 aromatic heterocycles. The molecule has 0 aromatic rings. The molecule has 5 heteroatoms. The second-order valence-corrected chi connectivity index (χ2v) is 8.32. The summed E-state index contributed by atoms with van der Waals surface area (Å²) < 4.78 is 12.6. The molecule has 1 unspecified atom stereocenters. The Labute approximate surface area is 85.6 Å². The molecule has 0 spiro atoms. The van der Waals surface area contributed by atoms with Gasteiger partial charge in [0.05, 0.1) is 0 Å². The molecule has 76 valence electrons. The standard InChI is InChI=1S/C8H15IN2O2/c1-4-9-6(12-2)5-7(10)11-8(9)13-3/h5,8H,4H2,1-3H3,(H2,10,11). The number of halogens is 1. The molecular weight excluding hydrogens is 283 g/mol. The summed E-state index contributed by atoms with van der Waals surface area (Å²) in [5, 5.41) is 0. The summed E-state index contributed by atoms with van der Waals surface area (Å²) in [6.07, 6.45) is 1.82. The Morgan fingerprint density at radius 3 is 2.77 bits per heavy atom. The molecule has 13 heavy (non-hydrogen) atoms. The molecule has 1 atom stereocenters. The summed E-state index contributed by atoms with van der Waals surface area (Å²) >= 11 is -1.40. The van der Waals surface area contributed by atoms with Gasteiger partial charge in [0.2, 0.25) is 0 Å². The monoisotopic (exact) mass is 298 g/mol. The Balaban J connectivity index is 2.86. The molecule has 0 aliphatic carbocycles. The molecule has 1 heterocycles. The van der Waals surface area contributed by atoms with Crippen LogP contribution in [0.15, 0.2) is 14.8 Å². The van der Waals surface area contributed by atoms with Crippen LogP contribution < -0.4 is 5.73 Å². The summed E-state index contributed by atoms with van der Waals surface area (Å²) in [4.78, 5) is 4.24. The average Bonchev–Trinajstić information content (AvgIpc) is 2.16. The summed E-state index contributed by atoms with van der Waals surface area (Å²) in [5.41, 5.74) is 5.62. The van der Waals surface area contributed by atoms with Crippen LogP contribution in [0, 0.1) is 0 Å². The first-order valence-electron chi connectivity index (χ1n) is 3.99. The number of nitrogens with zero attached hydrogens (tertiary/aromatic N) is 1. The zero-order valence-corrected chi connectivity index (χ0v) is 10.2. The number of ether oxygens (including phenoxy) is 2. The van der Waals surface area contributed by atoms with Crippen molar-refractivity contribution in [2.75, 3.05) is 18.6 Å². The zero-order valence-electron chi connectivity index (χ0n) is 8.08. The van der Waals surface area contributed by atoms with Crippen molar-refractivity contribution in [2.45, 2.75) is 11.2 Å². The number of hydrogen-bond acceptors (Lipinski definition) is 4. The van der Waals surface area contributed by atoms with Crippen LogP contribution >= 0.6 is 19.8 Å². The van der Waals surface area contributed by atoms with Gasteiger partial charge in [0.25, 0.3) is 0 Å². The van der Waals surface area contributed by atoms with E-state index in [1.54, 1.807) is 14.2 Å². The Bertz CT molecular complexity index is 240. The molecule has 0 aromatic carbocycles. The van der Waals surface area contributed by atoms with Gasteiger partial charge in [0, 0.05) is 0 Å². The first kappa shape index (κ1) is 10.8. The number of nitrogens with two attached hydrogens (primary N) is 1. The van der Waals surface area contributed by atoms with Crippen LogP contribution in [0.4, 0.5) is 0 Å². The van der Waals surface area contributed by atoms with Crippen LogP contribution in [0.1, 0.15) is 6.92 Å². The van der Waals surface area contributed by atoms with Crippen molar-refractivity contribution in [3.05, 3.63) is 9.84 Å². The molecular formula is C8H15IN2O2. The maximum atomic E-state index is 5.62. The quantitative estimate of drug-likeness (QED) is 0.485. The van der Waals surface area contributed by atoms with E-state index in [1.807, 2.05) is 6.08 Å². The van der Waals surface area contributed by atoms with Gasteiger partial charge in [-0.05, 0) is 0 Å². The average molecular weight is 298 g/mol. The fourth-order valence-corrected chi connectivity index (χ4v) is 5.66. The van der Waals surface area contributed by atoms with E-state index in [0.717, 1.165) is 8.19 Å². The van der Waals surface area contributed by atoms with Crippen molar-refractivity contribution >= 4 is 25.7 Å². The molecule has 0 radical (unpaired) electrons. The minimum absolute atomic E-state index is 0.0471. The maximum absolute atomic E-state index is 5.62.